The molecule has 6 heteroatoms. The molecule has 2 aromatic rings. The molecule has 1 aromatic carbocycles. The summed E-state index contributed by atoms with van der Waals surface area (Å²) in [6.45, 7) is 1.91. The average Bonchev–Trinajstić information content (AvgIpc) is 2.83. The summed E-state index contributed by atoms with van der Waals surface area (Å²) in [7, 11) is 1.37. The highest BCUT2D eigenvalue weighted by atomic mass is 19.1. The molecule has 2 rings (SSSR count). The van der Waals surface area contributed by atoms with Crippen LogP contribution in [-0.2, 0) is 6.42 Å². The Hall–Kier alpha value is -2.37. The van der Waals surface area contributed by atoms with E-state index in [4.69, 9.17) is 14.3 Å². The van der Waals surface area contributed by atoms with Gasteiger partial charge in [0.2, 0.25) is 11.7 Å². The van der Waals surface area contributed by atoms with E-state index in [2.05, 4.69) is 4.98 Å². The largest absolute Gasteiger partial charge is 0.494 e. The summed E-state index contributed by atoms with van der Waals surface area (Å²) >= 11 is 0. The van der Waals surface area contributed by atoms with Crippen LogP contribution < -0.4 is 4.74 Å². The number of carbonyl (C=O) groups is 1. The van der Waals surface area contributed by atoms with Crippen molar-refractivity contribution in [1.29, 1.82) is 0 Å². The first-order valence-electron chi connectivity index (χ1n) is 6.13. The number of carboxylic acid groups (broad SMARTS) is 1. The minimum atomic E-state index is -1.18. The molecule has 0 aliphatic carbocycles. The maximum absolute atomic E-state index is 13.6. The van der Waals surface area contributed by atoms with E-state index < -0.39 is 11.8 Å². The number of rotatable bonds is 5. The monoisotopic (exact) mass is 279 g/mol. The SMILES string of the molecule is CCCc1nc(-c2ccc(OC)c(F)c2)oc1C(=O)O. The second-order valence-electron chi connectivity index (χ2n) is 4.20. The molecule has 0 aliphatic rings. The average molecular weight is 279 g/mol. The number of nitrogens with zero attached hydrogens (tertiary/aromatic N) is 1. The van der Waals surface area contributed by atoms with Gasteiger partial charge in [0.05, 0.1) is 12.8 Å². The number of hydrogen-bond acceptors (Lipinski definition) is 4. The highest BCUT2D eigenvalue weighted by Crippen LogP contribution is 2.27. The van der Waals surface area contributed by atoms with E-state index in [1.54, 1.807) is 6.07 Å². The number of carboxylic acids is 1. The maximum atomic E-state index is 13.6. The number of hydrogen-bond donors (Lipinski definition) is 1. The van der Waals surface area contributed by atoms with Crippen molar-refractivity contribution in [1.82, 2.24) is 4.98 Å². The van der Waals surface area contributed by atoms with E-state index in [0.29, 0.717) is 17.7 Å². The highest BCUT2D eigenvalue weighted by molar-refractivity contribution is 5.86. The Labute approximate surface area is 115 Å². The second-order valence-corrected chi connectivity index (χ2v) is 4.20. The van der Waals surface area contributed by atoms with Crippen LogP contribution in [0, 0.1) is 5.82 Å². The number of aromatic carboxylic acids is 1. The van der Waals surface area contributed by atoms with Gasteiger partial charge in [0.25, 0.3) is 0 Å². The highest BCUT2D eigenvalue weighted by Gasteiger charge is 2.20. The summed E-state index contributed by atoms with van der Waals surface area (Å²) in [6.07, 6.45) is 1.23. The van der Waals surface area contributed by atoms with Crippen LogP contribution in [0.3, 0.4) is 0 Å². The molecule has 1 aromatic heterocycles. The second kappa shape index (κ2) is 5.73. The first-order chi connectivity index (χ1) is 9.56. The third-order valence-electron chi connectivity index (χ3n) is 2.78. The smallest absolute Gasteiger partial charge is 0.373 e. The third-order valence-corrected chi connectivity index (χ3v) is 2.78. The number of halogens is 1. The first-order valence-corrected chi connectivity index (χ1v) is 6.13. The van der Waals surface area contributed by atoms with Crippen LogP contribution in [0.1, 0.15) is 29.6 Å². The van der Waals surface area contributed by atoms with E-state index in [1.807, 2.05) is 6.92 Å². The predicted octanol–water partition coefficient (Wildman–Crippen LogP) is 3.14. The summed E-state index contributed by atoms with van der Waals surface area (Å²) < 4.78 is 23.7. The Kier molecular flexibility index (Phi) is 4.02. The summed E-state index contributed by atoms with van der Waals surface area (Å²) in [5.74, 6) is -1.74. The van der Waals surface area contributed by atoms with E-state index in [1.165, 1.54) is 19.2 Å². The molecule has 0 atom stereocenters. The fourth-order valence-electron chi connectivity index (χ4n) is 1.85. The summed E-state index contributed by atoms with van der Waals surface area (Å²) in [5.41, 5.74) is 0.736. The molecule has 0 amide bonds. The lowest BCUT2D eigenvalue weighted by molar-refractivity contribution is 0.0661. The van der Waals surface area contributed by atoms with Crippen LogP contribution in [0.5, 0.6) is 5.75 Å². The van der Waals surface area contributed by atoms with Gasteiger partial charge in [-0.3, -0.25) is 0 Å². The van der Waals surface area contributed by atoms with Gasteiger partial charge in [0, 0.05) is 5.56 Å². The van der Waals surface area contributed by atoms with Crippen LogP contribution in [0.4, 0.5) is 4.39 Å². The van der Waals surface area contributed by atoms with Crippen molar-refractivity contribution < 1.29 is 23.4 Å². The lowest BCUT2D eigenvalue weighted by atomic mass is 10.2. The number of methoxy groups -OCH3 is 1. The molecule has 1 N–H and O–H groups in total. The molecule has 106 valence electrons. The summed E-state index contributed by atoms with van der Waals surface area (Å²) in [4.78, 5) is 15.2. The molecule has 0 saturated carbocycles. The normalized spacial score (nSPS) is 10.6. The topological polar surface area (TPSA) is 72.6 Å². The maximum Gasteiger partial charge on any atom is 0.373 e. The molecular weight excluding hydrogens is 265 g/mol. The van der Waals surface area contributed by atoms with E-state index in [9.17, 15) is 9.18 Å². The van der Waals surface area contributed by atoms with Crippen molar-refractivity contribution in [3.05, 3.63) is 35.5 Å². The van der Waals surface area contributed by atoms with Gasteiger partial charge < -0.3 is 14.3 Å². The third kappa shape index (κ3) is 2.64. The molecule has 1 heterocycles. The Morgan fingerprint density at radius 3 is 2.80 bits per heavy atom. The van der Waals surface area contributed by atoms with Crippen LogP contribution in [0.2, 0.25) is 0 Å². The zero-order chi connectivity index (χ0) is 14.7. The van der Waals surface area contributed by atoms with Crippen molar-refractivity contribution in [2.45, 2.75) is 19.8 Å². The van der Waals surface area contributed by atoms with Crippen LogP contribution in [0.15, 0.2) is 22.6 Å². The molecule has 0 unspecified atom stereocenters. The van der Waals surface area contributed by atoms with Crippen LogP contribution in [0.25, 0.3) is 11.5 Å². The molecule has 0 saturated heterocycles. The first kappa shape index (κ1) is 14.0. The van der Waals surface area contributed by atoms with E-state index >= 15 is 0 Å². The lowest BCUT2D eigenvalue weighted by Crippen LogP contribution is -1.99. The van der Waals surface area contributed by atoms with E-state index in [0.717, 1.165) is 6.42 Å². The number of aromatic nitrogens is 1. The van der Waals surface area contributed by atoms with Gasteiger partial charge in [-0.25, -0.2) is 14.2 Å². The Balaban J connectivity index is 2.44. The molecule has 0 radical (unpaired) electrons. The lowest BCUT2D eigenvalue weighted by Gasteiger charge is -2.02. The van der Waals surface area contributed by atoms with Gasteiger partial charge in [-0.2, -0.15) is 0 Å². The quantitative estimate of drug-likeness (QED) is 0.910. The van der Waals surface area contributed by atoms with Gasteiger partial charge in [0.15, 0.2) is 11.6 Å². The molecule has 0 fully saturated rings. The van der Waals surface area contributed by atoms with Crippen molar-refractivity contribution in [3.8, 4) is 17.2 Å². The van der Waals surface area contributed by atoms with Crippen LogP contribution >= 0.6 is 0 Å². The van der Waals surface area contributed by atoms with Crippen molar-refractivity contribution in [2.75, 3.05) is 7.11 Å². The van der Waals surface area contributed by atoms with Crippen molar-refractivity contribution >= 4 is 5.97 Å². The van der Waals surface area contributed by atoms with Crippen molar-refractivity contribution in [3.63, 3.8) is 0 Å². The van der Waals surface area contributed by atoms with Gasteiger partial charge >= 0.3 is 5.97 Å². The number of aryl methyl sites for hydroxylation is 1. The van der Waals surface area contributed by atoms with E-state index in [-0.39, 0.29) is 17.4 Å². The molecule has 0 spiro atoms. The predicted molar refractivity (Wildman–Crippen MR) is 69.4 cm³/mol. The van der Waals surface area contributed by atoms with Gasteiger partial charge in [0.1, 0.15) is 0 Å². The van der Waals surface area contributed by atoms with Gasteiger partial charge in [-0.15, -0.1) is 0 Å². The molecule has 5 nitrogen and oxygen atoms in total. The molecule has 0 bridgehead atoms. The summed E-state index contributed by atoms with van der Waals surface area (Å²) in [6, 6.07) is 4.20. The Morgan fingerprint density at radius 1 is 1.50 bits per heavy atom. The molecular formula is C14H14FNO4. The minimum Gasteiger partial charge on any atom is -0.494 e. The Bertz CT molecular complexity index is 636. The molecule has 20 heavy (non-hydrogen) atoms. The number of oxazole rings is 1. The standard InChI is InChI=1S/C14H14FNO4/c1-3-4-10-12(14(17)18)20-13(16-10)8-5-6-11(19-2)9(15)7-8/h5-7H,3-4H2,1-2H3,(H,17,18). The summed E-state index contributed by atoms with van der Waals surface area (Å²) in [5, 5.41) is 9.06. The fourth-order valence-corrected chi connectivity index (χ4v) is 1.85. The molecule has 0 aliphatic heterocycles. The minimum absolute atomic E-state index is 0.0902. The zero-order valence-electron chi connectivity index (χ0n) is 11.1. The fraction of sp³-hybridized carbons (Fsp3) is 0.286. The zero-order valence-corrected chi connectivity index (χ0v) is 11.1. The van der Waals surface area contributed by atoms with Crippen LogP contribution in [-0.4, -0.2) is 23.2 Å². The van der Waals surface area contributed by atoms with Gasteiger partial charge in [-0.05, 0) is 24.6 Å². The van der Waals surface area contributed by atoms with Gasteiger partial charge in [-0.1, -0.05) is 13.3 Å². The van der Waals surface area contributed by atoms with Crippen molar-refractivity contribution in [2.24, 2.45) is 0 Å². The number of benzene rings is 1. The Morgan fingerprint density at radius 2 is 2.25 bits per heavy atom. The number of ether oxygens (including phenoxy) is 1.